The Hall–Kier alpha value is -0.800. The van der Waals surface area contributed by atoms with Crippen LogP contribution >= 0.6 is 27.5 Å². The minimum absolute atomic E-state index is 0.692. The van der Waals surface area contributed by atoms with Gasteiger partial charge in [0.2, 0.25) is 0 Å². The third-order valence-corrected chi connectivity index (χ3v) is 2.24. The van der Waals surface area contributed by atoms with Crippen LogP contribution in [0, 0.1) is 0 Å². The molecule has 0 aliphatic heterocycles. The highest BCUT2D eigenvalue weighted by Crippen LogP contribution is 2.23. The first-order valence-corrected chi connectivity index (χ1v) is 4.81. The van der Waals surface area contributed by atoms with Crippen molar-refractivity contribution in [1.82, 2.24) is 5.16 Å². The summed E-state index contributed by atoms with van der Waals surface area (Å²) in [5.74, 6) is 0.726. The minimum Gasteiger partial charge on any atom is -0.355 e. The van der Waals surface area contributed by atoms with Crippen molar-refractivity contribution >= 4 is 27.5 Å². The monoisotopic (exact) mass is 257 g/mol. The van der Waals surface area contributed by atoms with Crippen molar-refractivity contribution in [3.63, 3.8) is 0 Å². The van der Waals surface area contributed by atoms with Gasteiger partial charge < -0.3 is 4.52 Å². The largest absolute Gasteiger partial charge is 0.355 e. The van der Waals surface area contributed by atoms with E-state index in [2.05, 4.69) is 21.1 Å². The van der Waals surface area contributed by atoms with Gasteiger partial charge in [-0.3, -0.25) is 0 Å². The quantitative estimate of drug-likeness (QED) is 0.778. The number of nitrogens with zero attached hydrogens (tertiary/aromatic N) is 1. The topological polar surface area (TPSA) is 26.0 Å². The molecule has 0 amide bonds. The SMILES string of the molecule is Clc1ccc(-c2cc(Br)no2)cc1. The van der Waals surface area contributed by atoms with Gasteiger partial charge in [-0.25, -0.2) is 0 Å². The highest BCUT2D eigenvalue weighted by Gasteiger charge is 2.03. The Bertz CT molecular complexity index is 410. The molecule has 0 aliphatic rings. The molecule has 2 rings (SSSR count). The Kier molecular flexibility index (Phi) is 2.38. The lowest BCUT2D eigenvalue weighted by Gasteiger charge is -1.93. The van der Waals surface area contributed by atoms with Gasteiger partial charge in [0.15, 0.2) is 5.76 Å². The maximum Gasteiger partial charge on any atom is 0.168 e. The molecule has 1 aromatic carbocycles. The average molecular weight is 259 g/mol. The molecule has 0 N–H and O–H groups in total. The smallest absolute Gasteiger partial charge is 0.168 e. The third-order valence-electron chi connectivity index (χ3n) is 1.61. The second-order valence-corrected chi connectivity index (χ2v) is 3.77. The molecule has 1 heterocycles. The van der Waals surface area contributed by atoms with Crippen LogP contribution < -0.4 is 0 Å². The fraction of sp³-hybridized carbons (Fsp3) is 0. The van der Waals surface area contributed by atoms with E-state index in [4.69, 9.17) is 16.1 Å². The average Bonchev–Trinajstić information content (AvgIpc) is 2.53. The van der Waals surface area contributed by atoms with Crippen molar-refractivity contribution in [1.29, 1.82) is 0 Å². The van der Waals surface area contributed by atoms with Crippen molar-refractivity contribution in [3.05, 3.63) is 40.0 Å². The van der Waals surface area contributed by atoms with Gasteiger partial charge >= 0.3 is 0 Å². The number of halogens is 2. The van der Waals surface area contributed by atoms with Crippen LogP contribution in [0.2, 0.25) is 5.02 Å². The molecule has 0 aliphatic carbocycles. The molecule has 0 unspecified atom stereocenters. The molecule has 4 heteroatoms. The number of hydrogen-bond acceptors (Lipinski definition) is 2. The molecule has 0 spiro atoms. The number of hydrogen-bond donors (Lipinski definition) is 0. The normalized spacial score (nSPS) is 10.3. The van der Waals surface area contributed by atoms with Gasteiger partial charge in [0.25, 0.3) is 0 Å². The first-order chi connectivity index (χ1) is 6.25. The highest BCUT2D eigenvalue weighted by atomic mass is 79.9. The lowest BCUT2D eigenvalue weighted by atomic mass is 10.2. The number of aromatic nitrogens is 1. The lowest BCUT2D eigenvalue weighted by molar-refractivity contribution is 0.428. The van der Waals surface area contributed by atoms with Crippen molar-refractivity contribution in [2.75, 3.05) is 0 Å². The van der Waals surface area contributed by atoms with Crippen LogP contribution in [0.25, 0.3) is 11.3 Å². The number of benzene rings is 1. The fourth-order valence-electron chi connectivity index (χ4n) is 1.00. The predicted octanol–water partition coefficient (Wildman–Crippen LogP) is 3.76. The van der Waals surface area contributed by atoms with Gasteiger partial charge in [-0.15, -0.1) is 0 Å². The zero-order chi connectivity index (χ0) is 9.26. The molecule has 0 saturated heterocycles. The molecule has 0 radical (unpaired) electrons. The van der Waals surface area contributed by atoms with Crippen LogP contribution in [-0.4, -0.2) is 5.16 Å². The Balaban J connectivity index is 2.41. The zero-order valence-corrected chi connectivity index (χ0v) is 8.84. The number of rotatable bonds is 1. The van der Waals surface area contributed by atoms with Gasteiger partial charge in [-0.05, 0) is 40.2 Å². The van der Waals surface area contributed by atoms with Crippen LogP contribution in [0.5, 0.6) is 0 Å². The van der Waals surface area contributed by atoms with Crippen molar-refractivity contribution in [3.8, 4) is 11.3 Å². The Morgan fingerprint density at radius 1 is 1.23 bits per heavy atom. The van der Waals surface area contributed by atoms with Gasteiger partial charge in [0.05, 0.1) is 0 Å². The molecule has 0 atom stereocenters. The molecule has 0 saturated carbocycles. The van der Waals surface area contributed by atoms with Crippen LogP contribution in [0.3, 0.4) is 0 Å². The van der Waals surface area contributed by atoms with E-state index in [-0.39, 0.29) is 0 Å². The molecule has 0 fully saturated rings. The molecule has 2 aromatic rings. The van der Waals surface area contributed by atoms with Gasteiger partial charge in [-0.1, -0.05) is 16.8 Å². The standard InChI is InChI=1S/C9H5BrClNO/c10-9-5-8(13-12-9)6-1-3-7(11)4-2-6/h1-5H. The summed E-state index contributed by atoms with van der Waals surface area (Å²) in [6, 6.07) is 9.20. The zero-order valence-electron chi connectivity index (χ0n) is 6.50. The van der Waals surface area contributed by atoms with E-state index in [1.54, 1.807) is 0 Å². The summed E-state index contributed by atoms with van der Waals surface area (Å²) in [5.41, 5.74) is 0.961. The fourth-order valence-corrected chi connectivity index (χ4v) is 1.41. The summed E-state index contributed by atoms with van der Waals surface area (Å²) in [6.45, 7) is 0. The van der Waals surface area contributed by atoms with E-state index in [0.717, 1.165) is 11.3 Å². The molecule has 2 nitrogen and oxygen atoms in total. The van der Waals surface area contributed by atoms with E-state index in [1.165, 1.54) is 0 Å². The first-order valence-electron chi connectivity index (χ1n) is 3.64. The predicted molar refractivity (Wildman–Crippen MR) is 54.6 cm³/mol. The maximum absolute atomic E-state index is 5.75. The van der Waals surface area contributed by atoms with Gasteiger partial charge in [-0.2, -0.15) is 0 Å². The highest BCUT2D eigenvalue weighted by molar-refractivity contribution is 9.10. The van der Waals surface area contributed by atoms with Gasteiger partial charge in [0.1, 0.15) is 4.60 Å². The minimum atomic E-state index is 0.692. The molecule has 13 heavy (non-hydrogen) atoms. The summed E-state index contributed by atoms with van der Waals surface area (Å²) < 4.78 is 5.74. The molecular formula is C9H5BrClNO. The van der Waals surface area contributed by atoms with Crippen molar-refractivity contribution in [2.45, 2.75) is 0 Å². The van der Waals surface area contributed by atoms with E-state index >= 15 is 0 Å². The second kappa shape index (κ2) is 3.52. The van der Waals surface area contributed by atoms with Crippen molar-refractivity contribution < 1.29 is 4.52 Å². The van der Waals surface area contributed by atoms with E-state index in [9.17, 15) is 0 Å². The van der Waals surface area contributed by atoms with Crippen LogP contribution in [0.4, 0.5) is 0 Å². The summed E-state index contributed by atoms with van der Waals surface area (Å²) in [4.78, 5) is 0. The molecule has 66 valence electrons. The molecule has 0 bridgehead atoms. The summed E-state index contributed by atoms with van der Waals surface area (Å²) in [6.07, 6.45) is 0. The maximum atomic E-state index is 5.75. The van der Waals surface area contributed by atoms with Crippen LogP contribution in [-0.2, 0) is 0 Å². The van der Waals surface area contributed by atoms with Crippen LogP contribution in [0.15, 0.2) is 39.5 Å². The van der Waals surface area contributed by atoms with E-state index in [0.29, 0.717) is 9.63 Å². The molecule has 1 aromatic heterocycles. The summed E-state index contributed by atoms with van der Waals surface area (Å²) in [7, 11) is 0. The van der Waals surface area contributed by atoms with Gasteiger partial charge in [0, 0.05) is 16.7 Å². The van der Waals surface area contributed by atoms with E-state index in [1.807, 2.05) is 30.3 Å². The Labute approximate surface area is 88.6 Å². The van der Waals surface area contributed by atoms with Crippen LogP contribution in [0.1, 0.15) is 0 Å². The Morgan fingerprint density at radius 2 is 1.92 bits per heavy atom. The first kappa shape index (κ1) is 8.78. The summed E-state index contributed by atoms with van der Waals surface area (Å²) in [5, 5.41) is 4.43. The lowest BCUT2D eigenvalue weighted by Crippen LogP contribution is -1.71. The Morgan fingerprint density at radius 3 is 2.46 bits per heavy atom. The summed E-state index contributed by atoms with van der Waals surface area (Å²) >= 11 is 8.96. The van der Waals surface area contributed by atoms with Crippen molar-refractivity contribution in [2.24, 2.45) is 0 Å². The molecular weight excluding hydrogens is 253 g/mol. The second-order valence-electron chi connectivity index (χ2n) is 2.52. The third kappa shape index (κ3) is 1.92. The van der Waals surface area contributed by atoms with E-state index < -0.39 is 0 Å².